The van der Waals surface area contributed by atoms with Crippen LogP contribution >= 0.6 is 0 Å². The predicted octanol–water partition coefficient (Wildman–Crippen LogP) is 4.31. The van der Waals surface area contributed by atoms with Crippen molar-refractivity contribution in [2.24, 2.45) is 0 Å². The maximum Gasteiger partial charge on any atom is 0.0649 e. The molecule has 108 valence electrons. The molecule has 20 heavy (non-hydrogen) atoms. The average molecular weight is 271 g/mol. The van der Waals surface area contributed by atoms with Crippen LogP contribution in [-0.2, 0) is 6.54 Å². The minimum atomic E-state index is 0.260. The Bertz CT molecular complexity index is 611. The molecule has 0 amide bonds. The summed E-state index contributed by atoms with van der Waals surface area (Å²) in [7, 11) is 0. The summed E-state index contributed by atoms with van der Waals surface area (Å²) in [5.74, 6) is 0. The van der Waals surface area contributed by atoms with E-state index >= 15 is 0 Å². The van der Waals surface area contributed by atoms with Crippen LogP contribution in [0, 0.1) is 27.7 Å². The molecule has 1 aromatic carbocycles. The Hall–Kier alpha value is -1.77. The van der Waals surface area contributed by atoms with Crippen molar-refractivity contribution in [2.45, 2.75) is 54.1 Å². The Morgan fingerprint density at radius 2 is 1.90 bits per heavy atom. The van der Waals surface area contributed by atoms with Crippen LogP contribution < -0.4 is 5.32 Å². The number of aryl methyl sites for hydroxylation is 3. The third-order valence-corrected chi connectivity index (χ3v) is 4.15. The lowest BCUT2D eigenvalue weighted by molar-refractivity contribution is 0.632. The van der Waals surface area contributed by atoms with E-state index in [0.717, 1.165) is 12.2 Å². The van der Waals surface area contributed by atoms with Crippen molar-refractivity contribution in [1.82, 2.24) is 9.78 Å². The van der Waals surface area contributed by atoms with Crippen LogP contribution in [0.3, 0.4) is 0 Å². The number of hydrogen-bond acceptors (Lipinski definition) is 2. The fraction of sp³-hybridized carbons (Fsp3) is 0.471. The highest BCUT2D eigenvalue weighted by Crippen LogP contribution is 2.27. The third kappa shape index (κ3) is 2.58. The van der Waals surface area contributed by atoms with Crippen LogP contribution in [0.15, 0.2) is 18.2 Å². The molecule has 1 atom stereocenters. The van der Waals surface area contributed by atoms with Gasteiger partial charge in [0.05, 0.1) is 11.7 Å². The van der Waals surface area contributed by atoms with Gasteiger partial charge < -0.3 is 5.32 Å². The minimum Gasteiger partial charge on any atom is -0.378 e. The van der Waals surface area contributed by atoms with Gasteiger partial charge >= 0.3 is 0 Å². The molecule has 3 heteroatoms. The van der Waals surface area contributed by atoms with E-state index in [1.807, 2.05) is 0 Å². The van der Waals surface area contributed by atoms with Gasteiger partial charge in [0.1, 0.15) is 0 Å². The molecule has 1 N–H and O–H groups in total. The first-order valence-corrected chi connectivity index (χ1v) is 7.32. The van der Waals surface area contributed by atoms with Crippen molar-refractivity contribution >= 4 is 5.69 Å². The molecule has 1 heterocycles. The summed E-state index contributed by atoms with van der Waals surface area (Å²) in [5.41, 5.74) is 7.54. The standard InChI is InChI=1S/C17H25N3/c1-7-20-15(6)17(14(5)19-20)13(4)18-16-10-8-9-11(2)12(16)3/h8-10,13,18H,7H2,1-6H3. The lowest BCUT2D eigenvalue weighted by atomic mass is 10.0. The van der Waals surface area contributed by atoms with Gasteiger partial charge in [-0.25, -0.2) is 0 Å². The molecule has 0 bridgehead atoms. The third-order valence-electron chi connectivity index (χ3n) is 4.15. The predicted molar refractivity (Wildman–Crippen MR) is 85.3 cm³/mol. The smallest absolute Gasteiger partial charge is 0.0649 e. The van der Waals surface area contributed by atoms with Crippen molar-refractivity contribution in [3.8, 4) is 0 Å². The Morgan fingerprint density at radius 1 is 1.20 bits per heavy atom. The summed E-state index contributed by atoms with van der Waals surface area (Å²) in [4.78, 5) is 0. The van der Waals surface area contributed by atoms with Crippen LogP contribution in [-0.4, -0.2) is 9.78 Å². The normalized spacial score (nSPS) is 12.5. The second-order valence-corrected chi connectivity index (χ2v) is 5.51. The largest absolute Gasteiger partial charge is 0.378 e. The van der Waals surface area contributed by atoms with E-state index in [0.29, 0.717) is 0 Å². The van der Waals surface area contributed by atoms with Crippen molar-refractivity contribution in [3.05, 3.63) is 46.3 Å². The Labute approximate surface area is 122 Å². The topological polar surface area (TPSA) is 29.9 Å². The summed E-state index contributed by atoms with van der Waals surface area (Å²) in [6.45, 7) is 13.8. The summed E-state index contributed by atoms with van der Waals surface area (Å²) < 4.78 is 2.08. The van der Waals surface area contributed by atoms with Crippen LogP contribution in [0.2, 0.25) is 0 Å². The molecule has 3 nitrogen and oxygen atoms in total. The molecular formula is C17H25N3. The number of nitrogens with one attached hydrogen (secondary N) is 1. The first-order valence-electron chi connectivity index (χ1n) is 7.32. The van der Waals surface area contributed by atoms with Crippen LogP contribution in [0.25, 0.3) is 0 Å². The number of anilines is 1. The zero-order chi connectivity index (χ0) is 14.9. The molecule has 0 saturated carbocycles. The lowest BCUT2D eigenvalue weighted by Crippen LogP contribution is -2.10. The monoisotopic (exact) mass is 271 g/mol. The van der Waals surface area contributed by atoms with Gasteiger partial charge in [0.15, 0.2) is 0 Å². The maximum absolute atomic E-state index is 4.61. The van der Waals surface area contributed by atoms with E-state index in [1.165, 1.54) is 28.1 Å². The molecule has 0 aliphatic carbocycles. The SMILES string of the molecule is CCn1nc(C)c(C(C)Nc2cccc(C)c2C)c1C. The minimum absolute atomic E-state index is 0.260. The van der Waals surface area contributed by atoms with Crippen LogP contribution in [0.4, 0.5) is 5.69 Å². The summed E-state index contributed by atoms with van der Waals surface area (Å²) in [6.07, 6.45) is 0. The van der Waals surface area contributed by atoms with Gasteiger partial charge in [-0.2, -0.15) is 5.10 Å². The zero-order valence-corrected chi connectivity index (χ0v) is 13.4. The molecule has 0 aliphatic heterocycles. The summed E-state index contributed by atoms with van der Waals surface area (Å²) in [6, 6.07) is 6.66. The van der Waals surface area contributed by atoms with E-state index in [4.69, 9.17) is 0 Å². The van der Waals surface area contributed by atoms with Gasteiger partial charge in [-0.15, -0.1) is 0 Å². The highest BCUT2D eigenvalue weighted by atomic mass is 15.3. The van der Waals surface area contributed by atoms with Gasteiger partial charge in [-0.05, 0) is 58.7 Å². The first kappa shape index (κ1) is 14.6. The van der Waals surface area contributed by atoms with Crippen molar-refractivity contribution < 1.29 is 0 Å². The number of rotatable bonds is 4. The molecule has 0 fully saturated rings. The molecule has 2 aromatic rings. The maximum atomic E-state index is 4.61. The molecule has 0 saturated heterocycles. The van der Waals surface area contributed by atoms with Gasteiger partial charge in [-0.1, -0.05) is 12.1 Å². The van der Waals surface area contributed by atoms with Gasteiger partial charge in [-0.3, -0.25) is 4.68 Å². The highest BCUT2D eigenvalue weighted by Gasteiger charge is 2.17. The lowest BCUT2D eigenvalue weighted by Gasteiger charge is -2.19. The van der Waals surface area contributed by atoms with Gasteiger partial charge in [0, 0.05) is 23.5 Å². The number of hydrogen-bond donors (Lipinski definition) is 1. The Morgan fingerprint density at radius 3 is 2.50 bits per heavy atom. The van der Waals surface area contributed by atoms with E-state index < -0.39 is 0 Å². The van der Waals surface area contributed by atoms with Crippen molar-refractivity contribution in [3.63, 3.8) is 0 Å². The number of benzene rings is 1. The van der Waals surface area contributed by atoms with Gasteiger partial charge in [0.2, 0.25) is 0 Å². The molecule has 0 radical (unpaired) electrons. The second-order valence-electron chi connectivity index (χ2n) is 5.51. The van der Waals surface area contributed by atoms with Crippen molar-refractivity contribution in [1.29, 1.82) is 0 Å². The molecular weight excluding hydrogens is 246 g/mol. The van der Waals surface area contributed by atoms with E-state index in [-0.39, 0.29) is 6.04 Å². The quantitative estimate of drug-likeness (QED) is 0.898. The van der Waals surface area contributed by atoms with E-state index in [9.17, 15) is 0 Å². The molecule has 0 spiro atoms. The zero-order valence-electron chi connectivity index (χ0n) is 13.4. The van der Waals surface area contributed by atoms with Crippen LogP contribution in [0.1, 0.15) is 48.0 Å². The summed E-state index contributed by atoms with van der Waals surface area (Å²) in [5, 5.41) is 8.24. The molecule has 0 aliphatic rings. The highest BCUT2D eigenvalue weighted by molar-refractivity contribution is 5.55. The first-order chi connectivity index (χ1) is 9.45. The van der Waals surface area contributed by atoms with Crippen molar-refractivity contribution in [2.75, 3.05) is 5.32 Å². The fourth-order valence-electron chi connectivity index (χ4n) is 2.86. The average Bonchev–Trinajstić information content (AvgIpc) is 2.69. The number of aromatic nitrogens is 2. The summed E-state index contributed by atoms with van der Waals surface area (Å²) >= 11 is 0. The van der Waals surface area contributed by atoms with Crippen LogP contribution in [0.5, 0.6) is 0 Å². The Balaban J connectivity index is 2.31. The molecule has 1 aromatic heterocycles. The Kier molecular flexibility index (Phi) is 4.17. The number of nitrogens with zero attached hydrogens (tertiary/aromatic N) is 2. The van der Waals surface area contributed by atoms with E-state index in [2.05, 4.69) is 74.8 Å². The second kappa shape index (κ2) is 5.70. The van der Waals surface area contributed by atoms with Gasteiger partial charge in [0.25, 0.3) is 0 Å². The molecule has 2 rings (SSSR count). The van der Waals surface area contributed by atoms with E-state index in [1.54, 1.807) is 0 Å². The molecule has 1 unspecified atom stereocenters. The fourth-order valence-corrected chi connectivity index (χ4v) is 2.86.